The quantitative estimate of drug-likeness (QED) is 0.903. The Hall–Kier alpha value is -1.41. The number of carbonyl (C=O) groups excluding carboxylic acids is 1. The third kappa shape index (κ3) is 3.82. The minimum atomic E-state index is -4.25. The zero-order valence-corrected chi connectivity index (χ0v) is 11.9. The highest BCUT2D eigenvalue weighted by molar-refractivity contribution is 6.33. The van der Waals surface area contributed by atoms with E-state index in [-0.39, 0.29) is 36.1 Å². The average Bonchev–Trinajstić information content (AvgIpc) is 2.37. The molecule has 1 aromatic rings. The zero-order valence-electron chi connectivity index (χ0n) is 11.2. The van der Waals surface area contributed by atoms with Crippen molar-refractivity contribution in [3.8, 4) is 0 Å². The summed E-state index contributed by atoms with van der Waals surface area (Å²) in [5.41, 5.74) is 0.0206. The number of nitrogens with zero attached hydrogens (tertiary/aromatic N) is 3. The van der Waals surface area contributed by atoms with Crippen LogP contribution in [0.25, 0.3) is 0 Å². The Bertz CT molecular complexity index is 525. The summed E-state index contributed by atoms with van der Waals surface area (Å²) in [6.07, 6.45) is -1.57. The Kier molecular flexibility index (Phi) is 4.67. The number of hydrogen-bond donors (Lipinski definition) is 1. The topological polar surface area (TPSA) is 58.1 Å². The van der Waals surface area contributed by atoms with Crippen LogP contribution in [0, 0.1) is 0 Å². The molecule has 2 rings (SSSR count). The van der Waals surface area contributed by atoms with Gasteiger partial charge in [-0.25, -0.2) is 9.97 Å². The van der Waals surface area contributed by atoms with Crippen LogP contribution in [-0.2, 0) is 0 Å². The van der Waals surface area contributed by atoms with Crippen molar-refractivity contribution in [1.29, 1.82) is 0 Å². The summed E-state index contributed by atoms with van der Waals surface area (Å²) in [7, 11) is 1.40. The summed E-state index contributed by atoms with van der Waals surface area (Å²) in [4.78, 5) is 20.6. The van der Waals surface area contributed by atoms with Crippen LogP contribution >= 0.6 is 11.6 Å². The first-order chi connectivity index (χ1) is 9.79. The van der Waals surface area contributed by atoms with Crippen LogP contribution in [-0.4, -0.2) is 52.6 Å². The van der Waals surface area contributed by atoms with Crippen LogP contribution in [0.1, 0.15) is 23.3 Å². The number of alkyl halides is 3. The van der Waals surface area contributed by atoms with Gasteiger partial charge < -0.3 is 5.32 Å². The van der Waals surface area contributed by atoms with Crippen molar-refractivity contribution in [3.05, 3.63) is 23.2 Å². The van der Waals surface area contributed by atoms with Gasteiger partial charge in [0, 0.05) is 18.8 Å². The number of aromatic nitrogens is 2. The molecule has 0 spiro atoms. The van der Waals surface area contributed by atoms with Crippen molar-refractivity contribution in [2.45, 2.75) is 31.1 Å². The third-order valence-corrected chi connectivity index (χ3v) is 3.70. The second-order valence-electron chi connectivity index (χ2n) is 4.96. The Labute approximate surface area is 124 Å². The van der Waals surface area contributed by atoms with E-state index in [1.54, 1.807) is 0 Å². The molecule has 0 aromatic carbocycles. The molecule has 1 fully saturated rings. The highest BCUT2D eigenvalue weighted by Crippen LogP contribution is 2.30. The van der Waals surface area contributed by atoms with Gasteiger partial charge >= 0.3 is 6.18 Å². The van der Waals surface area contributed by atoms with Gasteiger partial charge in [-0.3, -0.25) is 9.69 Å². The smallest absolute Gasteiger partial charge is 0.347 e. The van der Waals surface area contributed by atoms with Gasteiger partial charge in [0.05, 0.1) is 5.02 Å². The molecule has 0 unspecified atom stereocenters. The standard InChI is InChI=1S/C12H14ClF3N4O/c1-20-5-7(2-3-9(20)12(14,15)16)19-11(21)10-8(13)4-17-6-18-10/h4,6-7,9H,2-3,5H2,1H3,(H,19,21)/t7-,9-/m0/s1. The van der Waals surface area contributed by atoms with E-state index in [1.807, 2.05) is 0 Å². The zero-order chi connectivity index (χ0) is 15.6. The van der Waals surface area contributed by atoms with Gasteiger partial charge in [-0.05, 0) is 19.9 Å². The summed E-state index contributed by atoms with van der Waals surface area (Å²) in [6, 6.07) is -1.83. The summed E-state index contributed by atoms with van der Waals surface area (Å²) in [5, 5.41) is 2.76. The predicted molar refractivity (Wildman–Crippen MR) is 70.0 cm³/mol. The third-order valence-electron chi connectivity index (χ3n) is 3.42. The number of carbonyl (C=O) groups is 1. The first-order valence-corrected chi connectivity index (χ1v) is 6.70. The second-order valence-corrected chi connectivity index (χ2v) is 5.37. The van der Waals surface area contributed by atoms with Crippen LogP contribution in [0.15, 0.2) is 12.5 Å². The van der Waals surface area contributed by atoms with E-state index in [9.17, 15) is 18.0 Å². The maximum absolute atomic E-state index is 12.7. The molecule has 2 heterocycles. The average molecular weight is 323 g/mol. The minimum Gasteiger partial charge on any atom is -0.347 e. The monoisotopic (exact) mass is 322 g/mol. The highest BCUT2D eigenvalue weighted by Gasteiger charge is 2.44. The highest BCUT2D eigenvalue weighted by atomic mass is 35.5. The Balaban J connectivity index is 1.97. The van der Waals surface area contributed by atoms with Crippen molar-refractivity contribution in [3.63, 3.8) is 0 Å². The molecule has 1 aliphatic rings. The number of likely N-dealkylation sites (N-methyl/N-ethyl adjacent to an activating group) is 1. The van der Waals surface area contributed by atoms with E-state index >= 15 is 0 Å². The molecule has 5 nitrogen and oxygen atoms in total. The van der Waals surface area contributed by atoms with Crippen molar-refractivity contribution >= 4 is 17.5 Å². The SMILES string of the molecule is CN1C[C@@H](NC(=O)c2ncncc2Cl)CC[C@H]1C(F)(F)F. The van der Waals surface area contributed by atoms with Crippen molar-refractivity contribution in [2.75, 3.05) is 13.6 Å². The van der Waals surface area contributed by atoms with Gasteiger partial charge in [0.2, 0.25) is 0 Å². The van der Waals surface area contributed by atoms with Crippen LogP contribution in [0.3, 0.4) is 0 Å². The van der Waals surface area contributed by atoms with Crippen LogP contribution < -0.4 is 5.32 Å². The van der Waals surface area contributed by atoms with Gasteiger partial charge in [0.25, 0.3) is 5.91 Å². The Morgan fingerprint density at radius 3 is 2.76 bits per heavy atom. The first-order valence-electron chi connectivity index (χ1n) is 6.32. The fraction of sp³-hybridized carbons (Fsp3) is 0.583. The van der Waals surface area contributed by atoms with E-state index in [4.69, 9.17) is 11.6 Å². The summed E-state index contributed by atoms with van der Waals surface area (Å²) in [5.74, 6) is -0.508. The molecule has 1 aliphatic heterocycles. The number of halogens is 4. The molecule has 0 aliphatic carbocycles. The fourth-order valence-electron chi connectivity index (χ4n) is 2.41. The molecule has 9 heteroatoms. The molecule has 2 atom stereocenters. The molecule has 0 radical (unpaired) electrons. The van der Waals surface area contributed by atoms with Gasteiger partial charge in [-0.2, -0.15) is 13.2 Å². The maximum Gasteiger partial charge on any atom is 0.404 e. The molecule has 1 amide bonds. The van der Waals surface area contributed by atoms with Gasteiger partial charge in [0.1, 0.15) is 18.1 Å². The molecule has 116 valence electrons. The van der Waals surface area contributed by atoms with E-state index in [1.165, 1.54) is 24.5 Å². The van der Waals surface area contributed by atoms with Crippen molar-refractivity contribution in [2.24, 2.45) is 0 Å². The number of amides is 1. The molecule has 21 heavy (non-hydrogen) atoms. The normalized spacial score (nSPS) is 23.9. The Morgan fingerprint density at radius 1 is 1.48 bits per heavy atom. The van der Waals surface area contributed by atoms with Crippen LogP contribution in [0.2, 0.25) is 5.02 Å². The molecule has 1 aromatic heterocycles. The lowest BCUT2D eigenvalue weighted by Crippen LogP contribution is -2.54. The van der Waals surface area contributed by atoms with Crippen LogP contribution in [0.5, 0.6) is 0 Å². The number of nitrogens with one attached hydrogen (secondary N) is 1. The van der Waals surface area contributed by atoms with Crippen molar-refractivity contribution in [1.82, 2.24) is 20.2 Å². The lowest BCUT2D eigenvalue weighted by molar-refractivity contribution is -0.188. The summed E-state index contributed by atoms with van der Waals surface area (Å²) < 4.78 is 38.2. The number of rotatable bonds is 2. The van der Waals surface area contributed by atoms with Gasteiger partial charge in [0.15, 0.2) is 0 Å². The second kappa shape index (κ2) is 6.15. The van der Waals surface area contributed by atoms with Crippen molar-refractivity contribution < 1.29 is 18.0 Å². The summed E-state index contributed by atoms with van der Waals surface area (Å²) in [6.45, 7) is 0.124. The maximum atomic E-state index is 12.7. The van der Waals surface area contributed by atoms with Gasteiger partial charge in [-0.15, -0.1) is 0 Å². The number of piperidine rings is 1. The molecule has 1 N–H and O–H groups in total. The minimum absolute atomic E-state index is 0.0206. The van der Waals surface area contributed by atoms with E-state index in [0.29, 0.717) is 0 Å². The van der Waals surface area contributed by atoms with Crippen LogP contribution in [0.4, 0.5) is 13.2 Å². The predicted octanol–water partition coefficient (Wildman–Crippen LogP) is 1.88. The molecule has 1 saturated heterocycles. The van der Waals surface area contributed by atoms with E-state index < -0.39 is 18.1 Å². The van der Waals surface area contributed by atoms with Gasteiger partial charge in [-0.1, -0.05) is 11.6 Å². The largest absolute Gasteiger partial charge is 0.404 e. The number of likely N-dealkylation sites (tertiary alicyclic amines) is 1. The lowest BCUT2D eigenvalue weighted by atomic mass is 9.98. The molecular weight excluding hydrogens is 309 g/mol. The molecule has 0 saturated carbocycles. The summed E-state index contributed by atoms with van der Waals surface area (Å²) >= 11 is 5.80. The van der Waals surface area contributed by atoms with E-state index in [2.05, 4.69) is 15.3 Å². The first kappa shape index (κ1) is 16.0. The Morgan fingerprint density at radius 2 is 2.19 bits per heavy atom. The fourth-order valence-corrected chi connectivity index (χ4v) is 2.60. The molecule has 0 bridgehead atoms. The molecular formula is C12H14ClF3N4O. The number of hydrogen-bond acceptors (Lipinski definition) is 4. The lowest BCUT2D eigenvalue weighted by Gasteiger charge is -2.38. The van der Waals surface area contributed by atoms with E-state index in [0.717, 1.165) is 0 Å².